The predicted octanol–water partition coefficient (Wildman–Crippen LogP) is 3.34. The number of halogens is 1. The maximum Gasteiger partial charge on any atom is 0.278 e. The van der Waals surface area contributed by atoms with E-state index in [1.165, 1.54) is 17.8 Å². The highest BCUT2D eigenvalue weighted by atomic mass is 32.2. The molecule has 0 aliphatic rings. The highest BCUT2D eigenvalue weighted by molar-refractivity contribution is 7.98. The first-order valence-corrected chi connectivity index (χ1v) is 10.7. The first-order valence-electron chi connectivity index (χ1n) is 9.46. The summed E-state index contributed by atoms with van der Waals surface area (Å²) in [5, 5.41) is 3.39. The van der Waals surface area contributed by atoms with Crippen LogP contribution < -0.4 is 10.9 Å². The molecule has 0 atom stereocenters. The number of benzene rings is 1. The van der Waals surface area contributed by atoms with Crippen molar-refractivity contribution in [2.24, 2.45) is 5.92 Å². The first-order chi connectivity index (χ1) is 13.8. The van der Waals surface area contributed by atoms with Crippen molar-refractivity contribution in [1.82, 2.24) is 19.4 Å². The summed E-state index contributed by atoms with van der Waals surface area (Å²) in [4.78, 5) is 30.3. The summed E-state index contributed by atoms with van der Waals surface area (Å²) in [5.41, 5.74) is 2.05. The van der Waals surface area contributed by atoms with Gasteiger partial charge in [-0.3, -0.25) is 14.2 Å². The van der Waals surface area contributed by atoms with Crippen LogP contribution in [0, 0.1) is 18.7 Å². The Labute approximate surface area is 173 Å². The van der Waals surface area contributed by atoms with E-state index < -0.39 is 0 Å². The SMILES string of the molecule is CSc1nc2cc(C)n(CC(=O)NCc3ccccc3F)c2c(=O)n1CC(C)C. The molecule has 0 aliphatic carbocycles. The lowest BCUT2D eigenvalue weighted by Crippen LogP contribution is -2.31. The fourth-order valence-corrected chi connectivity index (χ4v) is 3.84. The lowest BCUT2D eigenvalue weighted by atomic mass is 10.2. The van der Waals surface area contributed by atoms with Crippen LogP contribution in [0.15, 0.2) is 40.3 Å². The van der Waals surface area contributed by atoms with Crippen LogP contribution in [0.25, 0.3) is 11.0 Å². The number of hydrogen-bond donors (Lipinski definition) is 1. The molecular formula is C21H25FN4O2S. The van der Waals surface area contributed by atoms with Gasteiger partial charge in [0.2, 0.25) is 5.91 Å². The molecule has 1 aromatic carbocycles. The Morgan fingerprint density at radius 3 is 2.66 bits per heavy atom. The first kappa shape index (κ1) is 21.1. The molecule has 0 aliphatic heterocycles. The van der Waals surface area contributed by atoms with Crippen LogP contribution in [0.1, 0.15) is 25.1 Å². The third-order valence-electron chi connectivity index (χ3n) is 4.64. The van der Waals surface area contributed by atoms with Crippen LogP contribution >= 0.6 is 11.8 Å². The van der Waals surface area contributed by atoms with Gasteiger partial charge in [-0.2, -0.15) is 0 Å². The normalized spacial score (nSPS) is 11.4. The molecule has 3 rings (SSSR count). The average molecular weight is 417 g/mol. The minimum absolute atomic E-state index is 0.0268. The topological polar surface area (TPSA) is 68.9 Å². The van der Waals surface area contributed by atoms with Crippen LogP contribution in [0.2, 0.25) is 0 Å². The van der Waals surface area contributed by atoms with E-state index in [-0.39, 0.29) is 36.3 Å². The fraction of sp³-hybridized carbons (Fsp3) is 0.381. The van der Waals surface area contributed by atoms with E-state index in [2.05, 4.69) is 10.3 Å². The van der Waals surface area contributed by atoms with Gasteiger partial charge in [-0.05, 0) is 31.2 Å². The van der Waals surface area contributed by atoms with Gasteiger partial charge in [0.15, 0.2) is 5.16 Å². The molecular weight excluding hydrogens is 391 g/mol. The minimum atomic E-state index is -0.360. The zero-order valence-corrected chi connectivity index (χ0v) is 17.8. The van der Waals surface area contributed by atoms with Crippen molar-refractivity contribution in [2.45, 2.75) is 45.6 Å². The molecule has 0 spiro atoms. The quantitative estimate of drug-likeness (QED) is 0.474. The molecule has 0 saturated carbocycles. The molecule has 0 bridgehead atoms. The van der Waals surface area contributed by atoms with E-state index >= 15 is 0 Å². The predicted molar refractivity (Wildman–Crippen MR) is 114 cm³/mol. The van der Waals surface area contributed by atoms with Crippen molar-refractivity contribution in [3.05, 3.63) is 57.8 Å². The number of aryl methyl sites for hydroxylation is 1. The molecule has 0 saturated heterocycles. The van der Waals surface area contributed by atoms with Gasteiger partial charge in [0, 0.05) is 24.3 Å². The monoisotopic (exact) mass is 416 g/mol. The minimum Gasteiger partial charge on any atom is -0.350 e. The summed E-state index contributed by atoms with van der Waals surface area (Å²) in [6.45, 7) is 6.55. The largest absolute Gasteiger partial charge is 0.350 e. The summed E-state index contributed by atoms with van der Waals surface area (Å²) in [5.74, 6) is -0.371. The fourth-order valence-electron chi connectivity index (χ4n) is 3.27. The van der Waals surface area contributed by atoms with Crippen molar-refractivity contribution in [1.29, 1.82) is 0 Å². The van der Waals surface area contributed by atoms with Crippen LogP contribution in [0.3, 0.4) is 0 Å². The molecule has 2 aromatic heterocycles. The van der Waals surface area contributed by atoms with Crippen molar-refractivity contribution in [3.63, 3.8) is 0 Å². The van der Waals surface area contributed by atoms with Gasteiger partial charge in [-0.15, -0.1) is 0 Å². The molecule has 2 heterocycles. The summed E-state index contributed by atoms with van der Waals surface area (Å²) in [7, 11) is 0. The maximum absolute atomic E-state index is 13.8. The van der Waals surface area contributed by atoms with Crippen molar-refractivity contribution < 1.29 is 9.18 Å². The number of hydrogen-bond acceptors (Lipinski definition) is 4. The Bertz CT molecular complexity index is 1100. The summed E-state index contributed by atoms with van der Waals surface area (Å²) < 4.78 is 17.1. The van der Waals surface area contributed by atoms with Gasteiger partial charge in [0.25, 0.3) is 5.56 Å². The second-order valence-corrected chi connectivity index (χ2v) is 8.16. The van der Waals surface area contributed by atoms with E-state index in [9.17, 15) is 14.0 Å². The molecule has 154 valence electrons. The zero-order valence-electron chi connectivity index (χ0n) is 17.0. The van der Waals surface area contributed by atoms with Crippen LogP contribution in [0.4, 0.5) is 4.39 Å². The van der Waals surface area contributed by atoms with E-state index in [1.807, 2.05) is 33.1 Å². The molecule has 0 unspecified atom stereocenters. The molecule has 3 aromatic rings. The average Bonchev–Trinajstić information content (AvgIpc) is 2.98. The smallest absolute Gasteiger partial charge is 0.278 e. The number of amides is 1. The Morgan fingerprint density at radius 1 is 1.28 bits per heavy atom. The van der Waals surface area contributed by atoms with Gasteiger partial charge in [-0.1, -0.05) is 43.8 Å². The number of aromatic nitrogens is 3. The van der Waals surface area contributed by atoms with E-state index in [0.717, 1.165) is 5.69 Å². The summed E-state index contributed by atoms with van der Waals surface area (Å²) >= 11 is 1.43. The molecule has 0 radical (unpaired) electrons. The number of rotatable bonds is 7. The standard InChI is InChI=1S/C21H25FN4O2S/c1-13(2)11-26-20(28)19-17(24-21(26)29-4)9-14(3)25(19)12-18(27)23-10-15-7-5-6-8-16(15)22/h5-9,13H,10-12H2,1-4H3,(H,23,27). The van der Waals surface area contributed by atoms with Crippen LogP contribution in [-0.2, 0) is 24.4 Å². The second-order valence-electron chi connectivity index (χ2n) is 7.38. The number of nitrogens with zero attached hydrogens (tertiary/aromatic N) is 3. The van der Waals surface area contributed by atoms with Gasteiger partial charge in [0.05, 0.1) is 5.52 Å². The lowest BCUT2D eigenvalue weighted by molar-refractivity contribution is -0.121. The Morgan fingerprint density at radius 2 is 2.00 bits per heavy atom. The van der Waals surface area contributed by atoms with Crippen LogP contribution in [-0.4, -0.2) is 26.3 Å². The molecule has 6 nitrogen and oxygen atoms in total. The number of carbonyl (C=O) groups is 1. The van der Waals surface area contributed by atoms with Crippen molar-refractivity contribution in [3.8, 4) is 0 Å². The third-order valence-corrected chi connectivity index (χ3v) is 5.32. The molecule has 8 heteroatoms. The number of nitrogens with one attached hydrogen (secondary N) is 1. The van der Waals surface area contributed by atoms with Gasteiger partial charge >= 0.3 is 0 Å². The highest BCUT2D eigenvalue weighted by Crippen LogP contribution is 2.20. The lowest BCUT2D eigenvalue weighted by Gasteiger charge is -2.14. The highest BCUT2D eigenvalue weighted by Gasteiger charge is 2.18. The van der Waals surface area contributed by atoms with Crippen LogP contribution in [0.5, 0.6) is 0 Å². The molecule has 0 fully saturated rings. The summed E-state index contributed by atoms with van der Waals surface area (Å²) in [6.07, 6.45) is 1.89. The van der Waals surface area contributed by atoms with E-state index in [1.54, 1.807) is 27.3 Å². The van der Waals surface area contributed by atoms with Gasteiger partial charge < -0.3 is 9.88 Å². The third kappa shape index (κ3) is 4.53. The van der Waals surface area contributed by atoms with Crippen molar-refractivity contribution in [2.75, 3.05) is 6.26 Å². The number of thioether (sulfide) groups is 1. The molecule has 29 heavy (non-hydrogen) atoms. The number of carbonyl (C=O) groups excluding carboxylic acids is 1. The van der Waals surface area contributed by atoms with Gasteiger partial charge in [-0.25, -0.2) is 9.37 Å². The summed E-state index contributed by atoms with van der Waals surface area (Å²) in [6, 6.07) is 8.14. The maximum atomic E-state index is 13.8. The second kappa shape index (κ2) is 8.82. The Kier molecular flexibility index (Phi) is 6.42. The zero-order chi connectivity index (χ0) is 21.1. The molecule has 1 amide bonds. The van der Waals surface area contributed by atoms with Gasteiger partial charge in [0.1, 0.15) is 17.9 Å². The number of fused-ring (bicyclic) bond motifs is 1. The Hall–Kier alpha value is -2.61. The van der Waals surface area contributed by atoms with E-state index in [4.69, 9.17) is 0 Å². The molecule has 1 N–H and O–H groups in total. The van der Waals surface area contributed by atoms with E-state index in [0.29, 0.717) is 28.3 Å². The van der Waals surface area contributed by atoms with Crippen molar-refractivity contribution >= 4 is 28.7 Å². The Balaban J connectivity index is 1.90.